The number of para-hydroxylation sites is 1. The summed E-state index contributed by atoms with van der Waals surface area (Å²) in [5.74, 6) is 1.52. The molecule has 1 aliphatic heterocycles. The van der Waals surface area contributed by atoms with E-state index in [9.17, 15) is 4.79 Å². The average molecular weight is 314 g/mol. The minimum absolute atomic E-state index is 0.0892. The first-order valence-electron chi connectivity index (χ1n) is 7.94. The minimum atomic E-state index is -0.172. The number of hydrogen-bond donors (Lipinski definition) is 1. The maximum Gasteiger partial charge on any atom is 0.253 e. The average Bonchev–Trinajstić information content (AvgIpc) is 3.02. The Kier molecular flexibility index (Phi) is 4.67. The molecule has 0 radical (unpaired) electrons. The van der Waals surface area contributed by atoms with E-state index in [1.54, 1.807) is 0 Å². The number of carbonyl (C=O) groups is 1. The number of rotatable bonds is 4. The first kappa shape index (κ1) is 15.6. The molecule has 0 spiro atoms. The number of furan rings is 1. The lowest BCUT2D eigenvalue weighted by molar-refractivity contribution is 0.0933. The number of ether oxygens (including phenoxy) is 1. The highest BCUT2D eigenvalue weighted by atomic mass is 16.5. The third-order valence-electron chi connectivity index (χ3n) is 4.04. The van der Waals surface area contributed by atoms with Crippen molar-refractivity contribution in [3.63, 3.8) is 0 Å². The number of carbonyl (C=O) groups excluding carboxylic acids is 1. The van der Waals surface area contributed by atoms with E-state index in [0.717, 1.165) is 30.3 Å². The molecule has 1 N–H and O–H groups in total. The molecule has 1 fully saturated rings. The number of anilines is 1. The molecule has 1 aromatic heterocycles. The molecule has 2 aromatic rings. The van der Waals surface area contributed by atoms with Crippen molar-refractivity contribution in [1.82, 2.24) is 5.32 Å². The van der Waals surface area contributed by atoms with E-state index in [1.165, 1.54) is 0 Å². The highest BCUT2D eigenvalue weighted by Crippen LogP contribution is 2.23. The predicted octanol–water partition coefficient (Wildman–Crippen LogP) is 2.92. The molecule has 3 rings (SSSR count). The van der Waals surface area contributed by atoms with Gasteiger partial charge in [0.05, 0.1) is 24.8 Å². The Bertz CT molecular complexity index is 674. The normalized spacial score (nSPS) is 16.2. The lowest BCUT2D eigenvalue weighted by Crippen LogP contribution is -2.38. The molecule has 5 nitrogen and oxygen atoms in total. The van der Waals surface area contributed by atoms with Crippen LogP contribution >= 0.6 is 0 Å². The van der Waals surface area contributed by atoms with Crippen LogP contribution in [0, 0.1) is 6.92 Å². The molecule has 0 bridgehead atoms. The van der Waals surface area contributed by atoms with Crippen molar-refractivity contribution in [2.45, 2.75) is 19.9 Å². The largest absolute Gasteiger partial charge is 0.464 e. The fraction of sp³-hybridized carbons (Fsp3) is 0.389. The zero-order valence-electron chi connectivity index (χ0n) is 13.5. The SMILES string of the molecule is Cc1ccc([C@H](C)NC(=O)c2ccccc2N2CCOCC2)o1. The van der Waals surface area contributed by atoms with Crippen LogP contribution in [0.25, 0.3) is 0 Å². The summed E-state index contributed by atoms with van der Waals surface area (Å²) in [6.45, 7) is 6.81. The number of morpholine rings is 1. The maximum atomic E-state index is 12.7. The van der Waals surface area contributed by atoms with Gasteiger partial charge in [0.2, 0.25) is 0 Å². The number of nitrogens with one attached hydrogen (secondary N) is 1. The molecule has 0 aliphatic carbocycles. The molecule has 1 atom stereocenters. The molecule has 23 heavy (non-hydrogen) atoms. The third kappa shape index (κ3) is 3.56. The zero-order chi connectivity index (χ0) is 16.2. The van der Waals surface area contributed by atoms with Crippen LogP contribution in [-0.4, -0.2) is 32.2 Å². The van der Waals surface area contributed by atoms with Gasteiger partial charge >= 0.3 is 0 Å². The van der Waals surface area contributed by atoms with Crippen LogP contribution in [0.2, 0.25) is 0 Å². The van der Waals surface area contributed by atoms with Gasteiger partial charge in [-0.05, 0) is 38.1 Å². The molecule has 1 amide bonds. The molecule has 0 saturated carbocycles. The molecule has 1 aliphatic rings. The van der Waals surface area contributed by atoms with Gasteiger partial charge in [0, 0.05) is 18.8 Å². The number of amides is 1. The van der Waals surface area contributed by atoms with Gasteiger partial charge in [-0.15, -0.1) is 0 Å². The Balaban J connectivity index is 1.76. The first-order valence-corrected chi connectivity index (χ1v) is 7.94. The number of benzene rings is 1. The minimum Gasteiger partial charge on any atom is -0.464 e. The van der Waals surface area contributed by atoms with E-state index < -0.39 is 0 Å². The molecule has 1 aromatic carbocycles. The lowest BCUT2D eigenvalue weighted by Gasteiger charge is -2.30. The lowest BCUT2D eigenvalue weighted by atomic mass is 10.1. The van der Waals surface area contributed by atoms with Crippen molar-refractivity contribution >= 4 is 11.6 Å². The second-order valence-electron chi connectivity index (χ2n) is 5.76. The Morgan fingerprint density at radius 3 is 2.61 bits per heavy atom. The summed E-state index contributed by atoms with van der Waals surface area (Å²) in [6, 6.07) is 11.3. The second-order valence-corrected chi connectivity index (χ2v) is 5.76. The summed E-state index contributed by atoms with van der Waals surface area (Å²) in [5.41, 5.74) is 1.64. The van der Waals surface area contributed by atoms with Crippen molar-refractivity contribution in [2.24, 2.45) is 0 Å². The number of aryl methyl sites for hydroxylation is 1. The van der Waals surface area contributed by atoms with Crippen LogP contribution in [0.3, 0.4) is 0 Å². The Labute approximate surface area is 136 Å². The molecule has 122 valence electrons. The number of nitrogens with zero attached hydrogens (tertiary/aromatic N) is 1. The first-order chi connectivity index (χ1) is 11.1. The summed E-state index contributed by atoms with van der Waals surface area (Å²) in [7, 11) is 0. The van der Waals surface area contributed by atoms with Crippen molar-refractivity contribution < 1.29 is 13.9 Å². The van der Waals surface area contributed by atoms with Crippen LogP contribution < -0.4 is 10.2 Å². The van der Waals surface area contributed by atoms with Gasteiger partial charge < -0.3 is 19.4 Å². The highest BCUT2D eigenvalue weighted by Gasteiger charge is 2.20. The fourth-order valence-electron chi connectivity index (χ4n) is 2.78. The zero-order valence-corrected chi connectivity index (χ0v) is 13.5. The molecule has 0 unspecified atom stereocenters. The van der Waals surface area contributed by atoms with E-state index in [0.29, 0.717) is 18.8 Å². The molecule has 5 heteroatoms. The Morgan fingerprint density at radius 2 is 1.91 bits per heavy atom. The molecular formula is C18H22N2O3. The standard InChI is InChI=1S/C18H22N2O3/c1-13-7-8-17(23-13)14(2)19-18(21)15-5-3-4-6-16(15)20-9-11-22-12-10-20/h3-8,14H,9-12H2,1-2H3,(H,19,21)/t14-/m0/s1. The Morgan fingerprint density at radius 1 is 1.17 bits per heavy atom. The van der Waals surface area contributed by atoms with Gasteiger partial charge in [0.25, 0.3) is 5.91 Å². The van der Waals surface area contributed by atoms with E-state index in [1.807, 2.05) is 50.2 Å². The van der Waals surface area contributed by atoms with Crippen LogP contribution in [0.15, 0.2) is 40.8 Å². The van der Waals surface area contributed by atoms with Crippen molar-refractivity contribution in [3.05, 3.63) is 53.5 Å². The summed E-state index contributed by atoms with van der Waals surface area (Å²) in [5, 5.41) is 3.01. The summed E-state index contributed by atoms with van der Waals surface area (Å²) in [6.07, 6.45) is 0. The van der Waals surface area contributed by atoms with E-state index in [-0.39, 0.29) is 11.9 Å². The van der Waals surface area contributed by atoms with Gasteiger partial charge in [0.1, 0.15) is 11.5 Å². The Hall–Kier alpha value is -2.27. The van der Waals surface area contributed by atoms with Crippen molar-refractivity contribution in [1.29, 1.82) is 0 Å². The van der Waals surface area contributed by atoms with Gasteiger partial charge in [-0.3, -0.25) is 4.79 Å². The predicted molar refractivity (Wildman–Crippen MR) is 88.8 cm³/mol. The monoisotopic (exact) mass is 314 g/mol. The van der Waals surface area contributed by atoms with Gasteiger partial charge in [-0.2, -0.15) is 0 Å². The number of hydrogen-bond acceptors (Lipinski definition) is 4. The molecule has 1 saturated heterocycles. The second kappa shape index (κ2) is 6.87. The smallest absolute Gasteiger partial charge is 0.253 e. The van der Waals surface area contributed by atoms with Crippen molar-refractivity contribution in [3.8, 4) is 0 Å². The van der Waals surface area contributed by atoms with Gasteiger partial charge in [-0.25, -0.2) is 0 Å². The van der Waals surface area contributed by atoms with Gasteiger partial charge in [0.15, 0.2) is 0 Å². The van der Waals surface area contributed by atoms with Crippen LogP contribution in [0.5, 0.6) is 0 Å². The maximum absolute atomic E-state index is 12.7. The van der Waals surface area contributed by atoms with Crippen LogP contribution in [0.1, 0.15) is 34.8 Å². The summed E-state index contributed by atoms with van der Waals surface area (Å²) >= 11 is 0. The fourth-order valence-corrected chi connectivity index (χ4v) is 2.78. The molecular weight excluding hydrogens is 292 g/mol. The van der Waals surface area contributed by atoms with Gasteiger partial charge in [-0.1, -0.05) is 12.1 Å². The highest BCUT2D eigenvalue weighted by molar-refractivity contribution is 6.00. The summed E-state index contributed by atoms with van der Waals surface area (Å²) < 4.78 is 11.0. The van der Waals surface area contributed by atoms with Crippen LogP contribution in [-0.2, 0) is 4.74 Å². The summed E-state index contributed by atoms with van der Waals surface area (Å²) in [4.78, 5) is 14.9. The topological polar surface area (TPSA) is 54.7 Å². The van der Waals surface area contributed by atoms with E-state index in [2.05, 4.69) is 10.2 Å². The quantitative estimate of drug-likeness (QED) is 0.943. The van der Waals surface area contributed by atoms with E-state index >= 15 is 0 Å². The van der Waals surface area contributed by atoms with Crippen molar-refractivity contribution in [2.75, 3.05) is 31.2 Å². The van der Waals surface area contributed by atoms with Crippen LogP contribution in [0.4, 0.5) is 5.69 Å². The van der Waals surface area contributed by atoms with E-state index in [4.69, 9.17) is 9.15 Å². The third-order valence-corrected chi connectivity index (χ3v) is 4.04. The molecule has 2 heterocycles.